The number of carbonyl (C=O) groups is 1. The van der Waals surface area contributed by atoms with Gasteiger partial charge in [0.1, 0.15) is 17.1 Å². The van der Waals surface area contributed by atoms with Crippen LogP contribution in [0.1, 0.15) is 65.2 Å². The van der Waals surface area contributed by atoms with Crippen molar-refractivity contribution in [3.8, 4) is 5.75 Å². The Morgan fingerprint density at radius 1 is 1.09 bits per heavy atom. The van der Waals surface area contributed by atoms with Crippen molar-refractivity contribution in [2.24, 2.45) is 0 Å². The first-order valence-corrected chi connectivity index (χ1v) is 16.2. The Kier molecular flexibility index (Phi) is 9.41. The third-order valence-corrected chi connectivity index (χ3v) is 9.80. The first-order valence-electron chi connectivity index (χ1n) is 14.5. The molecule has 11 nitrogen and oxygen atoms in total. The molecule has 1 aliphatic heterocycles. The van der Waals surface area contributed by atoms with Gasteiger partial charge in [0.2, 0.25) is 5.95 Å². The number of methoxy groups -OCH3 is 1. The maximum absolute atomic E-state index is 14.1. The van der Waals surface area contributed by atoms with E-state index in [0.717, 1.165) is 11.1 Å². The van der Waals surface area contributed by atoms with Gasteiger partial charge in [-0.1, -0.05) is 12.1 Å². The zero-order chi connectivity index (χ0) is 32.5. The molecule has 45 heavy (non-hydrogen) atoms. The fraction of sp³-hybridized carbons (Fsp3) is 0.433. The smallest absolute Gasteiger partial charge is 0.421 e. The number of halogens is 3. The van der Waals surface area contributed by atoms with Gasteiger partial charge in [-0.2, -0.15) is 18.2 Å². The molecular weight excluding hydrogens is 614 g/mol. The van der Waals surface area contributed by atoms with E-state index in [-0.39, 0.29) is 48.4 Å². The Hall–Kier alpha value is -3.71. The van der Waals surface area contributed by atoms with Gasteiger partial charge in [0.25, 0.3) is 5.91 Å². The molecule has 242 valence electrons. The number of benzene rings is 2. The summed E-state index contributed by atoms with van der Waals surface area (Å²) in [5.41, 5.74) is 1.94. The van der Waals surface area contributed by atoms with Gasteiger partial charge in [-0.15, -0.1) is 0 Å². The maximum Gasteiger partial charge on any atom is 0.421 e. The minimum Gasteiger partial charge on any atom is -0.495 e. The number of fused-ring (bicyclic) bond motifs is 1. The maximum atomic E-state index is 14.1. The highest BCUT2D eigenvalue weighted by Gasteiger charge is 2.38. The Bertz CT molecular complexity index is 1620. The van der Waals surface area contributed by atoms with Crippen LogP contribution in [0.3, 0.4) is 0 Å². The molecule has 0 spiro atoms. The Balaban J connectivity index is 1.46. The first-order chi connectivity index (χ1) is 21.4. The molecule has 1 aliphatic carbocycles. The number of aliphatic hydroxyl groups is 1. The molecule has 1 fully saturated rings. The number of hydrogen-bond donors (Lipinski definition) is 3. The number of anilines is 4. The number of nitrogens with one attached hydrogen (secondary N) is 2. The molecule has 15 heteroatoms. The second-order valence-corrected chi connectivity index (χ2v) is 12.9. The summed E-state index contributed by atoms with van der Waals surface area (Å²) in [5.74, 6) is -0.645. The number of hydrogen-bond acceptors (Lipinski definition) is 10. The Morgan fingerprint density at radius 2 is 1.78 bits per heavy atom. The molecule has 3 N–H and O–H groups in total. The van der Waals surface area contributed by atoms with E-state index in [1.54, 1.807) is 51.2 Å². The quantitative estimate of drug-likeness (QED) is 0.185. The van der Waals surface area contributed by atoms with Crippen molar-refractivity contribution in [2.45, 2.75) is 57.6 Å². The number of amides is 1. The lowest BCUT2D eigenvalue weighted by atomic mass is 9.75. The van der Waals surface area contributed by atoms with Crippen LogP contribution in [0, 0.1) is 0 Å². The van der Waals surface area contributed by atoms with Gasteiger partial charge < -0.3 is 34.4 Å². The molecule has 5 rings (SSSR count). The number of carbonyl (C=O) groups excluding carboxylic acids is 1. The zero-order valence-corrected chi connectivity index (χ0v) is 26.2. The van der Waals surface area contributed by atoms with Crippen LogP contribution in [0.2, 0.25) is 0 Å². The standard InChI is InChI=1S/C30H35F3N5O6P/c1-5-43-45(41,44-6-2)16-17-7-9-23(25(11-17)42-4)36-29-34-14-22(30(31,32)33)27(37-29)35-24-10-8-20(18-12-19(39)13-18)21-15-38(3)28(40)26(21)24/h7-11,14,18-19,39H,5-6,12-13,15-16H2,1-4H3,(H2,34,35,36,37). The molecule has 3 aromatic rings. The van der Waals surface area contributed by atoms with E-state index in [2.05, 4.69) is 20.6 Å². The minimum atomic E-state index is -4.79. The van der Waals surface area contributed by atoms with E-state index in [0.29, 0.717) is 42.6 Å². The Labute approximate surface area is 258 Å². The van der Waals surface area contributed by atoms with E-state index in [1.807, 2.05) is 0 Å². The number of alkyl halides is 3. The molecule has 0 saturated heterocycles. The van der Waals surface area contributed by atoms with E-state index in [4.69, 9.17) is 13.8 Å². The van der Waals surface area contributed by atoms with Crippen molar-refractivity contribution in [1.29, 1.82) is 0 Å². The summed E-state index contributed by atoms with van der Waals surface area (Å²) in [5, 5.41) is 15.5. The van der Waals surface area contributed by atoms with Gasteiger partial charge in [0.15, 0.2) is 0 Å². The normalized spacial score (nSPS) is 18.0. The van der Waals surface area contributed by atoms with Crippen molar-refractivity contribution in [3.63, 3.8) is 0 Å². The molecule has 0 atom stereocenters. The highest BCUT2D eigenvalue weighted by molar-refractivity contribution is 7.53. The van der Waals surface area contributed by atoms with Gasteiger partial charge in [0, 0.05) is 19.8 Å². The minimum absolute atomic E-state index is 0.00544. The molecule has 1 amide bonds. The monoisotopic (exact) mass is 649 g/mol. The predicted octanol–water partition coefficient (Wildman–Crippen LogP) is 6.58. The van der Waals surface area contributed by atoms with Crippen LogP contribution in [-0.2, 0) is 32.5 Å². The summed E-state index contributed by atoms with van der Waals surface area (Å²) in [4.78, 5) is 22.7. The summed E-state index contributed by atoms with van der Waals surface area (Å²) in [7, 11) is -0.349. The molecule has 0 bridgehead atoms. The first kappa shape index (κ1) is 32.7. The summed E-state index contributed by atoms with van der Waals surface area (Å²) in [6, 6.07) is 8.25. The molecular formula is C30H35F3N5O6P. The molecule has 1 aromatic heterocycles. The van der Waals surface area contributed by atoms with E-state index < -0.39 is 31.3 Å². The van der Waals surface area contributed by atoms with Crippen LogP contribution >= 0.6 is 7.60 Å². The fourth-order valence-corrected chi connectivity index (χ4v) is 7.27. The van der Waals surface area contributed by atoms with Crippen LogP contribution in [0.5, 0.6) is 5.75 Å². The molecule has 1 saturated carbocycles. The lowest BCUT2D eigenvalue weighted by molar-refractivity contribution is -0.137. The lowest BCUT2D eigenvalue weighted by Crippen LogP contribution is -2.27. The van der Waals surface area contributed by atoms with Crippen LogP contribution < -0.4 is 15.4 Å². The number of nitrogens with zero attached hydrogens (tertiary/aromatic N) is 3. The molecule has 2 heterocycles. The van der Waals surface area contributed by atoms with Crippen molar-refractivity contribution in [3.05, 3.63) is 64.3 Å². The SMILES string of the molecule is CCOP(=O)(Cc1ccc(Nc2ncc(C(F)(F)F)c(Nc3ccc(C4CC(O)C4)c4c3C(=O)N(C)C4)n2)c(OC)c1)OCC. The zero-order valence-electron chi connectivity index (χ0n) is 25.3. The number of rotatable bonds is 12. The van der Waals surface area contributed by atoms with E-state index in [1.165, 1.54) is 12.0 Å². The highest BCUT2D eigenvalue weighted by atomic mass is 31.2. The second kappa shape index (κ2) is 13.0. The predicted molar refractivity (Wildman–Crippen MR) is 161 cm³/mol. The summed E-state index contributed by atoms with van der Waals surface area (Å²) >= 11 is 0. The van der Waals surface area contributed by atoms with Crippen LogP contribution in [-0.4, -0.2) is 59.4 Å². The third kappa shape index (κ3) is 6.94. The third-order valence-electron chi connectivity index (χ3n) is 7.75. The van der Waals surface area contributed by atoms with Crippen LogP contribution in [0.15, 0.2) is 36.5 Å². The summed E-state index contributed by atoms with van der Waals surface area (Å²) in [6.07, 6.45) is -3.40. The van der Waals surface area contributed by atoms with Gasteiger partial charge in [-0.05, 0) is 67.5 Å². The van der Waals surface area contributed by atoms with Crippen LogP contribution in [0.4, 0.5) is 36.3 Å². The number of ether oxygens (including phenoxy) is 1. The Morgan fingerprint density at radius 3 is 2.40 bits per heavy atom. The molecule has 2 aliphatic rings. The number of aromatic nitrogens is 2. The average Bonchev–Trinajstić information content (AvgIpc) is 3.26. The second-order valence-electron chi connectivity index (χ2n) is 10.9. The van der Waals surface area contributed by atoms with Crippen molar-refractivity contribution < 1.29 is 41.4 Å². The summed E-state index contributed by atoms with van der Waals surface area (Å²) < 4.78 is 71.5. The highest BCUT2D eigenvalue weighted by Crippen LogP contribution is 2.52. The van der Waals surface area contributed by atoms with Gasteiger partial charge in [-0.25, -0.2) is 4.98 Å². The van der Waals surface area contributed by atoms with Crippen LogP contribution in [0.25, 0.3) is 0 Å². The van der Waals surface area contributed by atoms with Crippen molar-refractivity contribution >= 4 is 36.6 Å². The van der Waals surface area contributed by atoms with Crippen molar-refractivity contribution in [2.75, 3.05) is 38.0 Å². The molecule has 0 radical (unpaired) electrons. The van der Waals surface area contributed by atoms with Gasteiger partial charge in [-0.3, -0.25) is 9.36 Å². The van der Waals surface area contributed by atoms with Gasteiger partial charge in [0.05, 0.1) is 49.5 Å². The molecule has 2 aromatic carbocycles. The topological polar surface area (TPSA) is 135 Å². The van der Waals surface area contributed by atoms with E-state index >= 15 is 0 Å². The average molecular weight is 650 g/mol. The lowest BCUT2D eigenvalue weighted by Gasteiger charge is -2.33. The summed E-state index contributed by atoms with van der Waals surface area (Å²) in [6.45, 7) is 4.16. The largest absolute Gasteiger partial charge is 0.495 e. The fourth-order valence-electron chi connectivity index (χ4n) is 5.58. The van der Waals surface area contributed by atoms with Gasteiger partial charge >= 0.3 is 13.8 Å². The van der Waals surface area contributed by atoms with E-state index in [9.17, 15) is 27.6 Å². The molecule has 0 unspecified atom stereocenters. The van der Waals surface area contributed by atoms with Crippen molar-refractivity contribution in [1.82, 2.24) is 14.9 Å². The number of aliphatic hydroxyl groups excluding tert-OH is 1.